The van der Waals surface area contributed by atoms with Crippen LogP contribution in [0.1, 0.15) is 27.2 Å². The van der Waals surface area contributed by atoms with E-state index < -0.39 is 0 Å². The van der Waals surface area contributed by atoms with Crippen molar-refractivity contribution in [3.8, 4) is 0 Å². The van der Waals surface area contributed by atoms with E-state index >= 15 is 0 Å². The lowest BCUT2D eigenvalue weighted by atomic mass is 9.87. The Morgan fingerprint density at radius 2 is 2.00 bits per heavy atom. The zero-order valence-corrected chi connectivity index (χ0v) is 6.52. The van der Waals surface area contributed by atoms with Crippen LogP contribution in [0.3, 0.4) is 0 Å². The van der Waals surface area contributed by atoms with E-state index in [4.69, 9.17) is 10.8 Å². The van der Waals surface area contributed by atoms with E-state index in [2.05, 4.69) is 0 Å². The van der Waals surface area contributed by atoms with Gasteiger partial charge >= 0.3 is 0 Å². The highest BCUT2D eigenvalue weighted by atomic mass is 16.3. The number of aliphatic hydroxyl groups is 1. The van der Waals surface area contributed by atoms with Crippen LogP contribution in [0.2, 0.25) is 0 Å². The molecule has 0 aliphatic rings. The number of aliphatic hydroxyl groups excluding tert-OH is 1. The van der Waals surface area contributed by atoms with Crippen LogP contribution in [0.4, 0.5) is 0 Å². The second kappa shape index (κ2) is 3.18. The molecule has 0 amide bonds. The molecule has 9 heavy (non-hydrogen) atoms. The van der Waals surface area contributed by atoms with Gasteiger partial charge in [0.15, 0.2) is 0 Å². The molecule has 0 aliphatic carbocycles. The lowest BCUT2D eigenvalue weighted by molar-refractivity contribution is 0.144. The maximum Gasteiger partial charge on any atom is 0.0482 e. The smallest absolute Gasteiger partial charge is 0.0482 e. The van der Waals surface area contributed by atoms with Gasteiger partial charge in [-0.1, -0.05) is 13.8 Å². The minimum absolute atomic E-state index is 0.00579. The van der Waals surface area contributed by atoms with Crippen molar-refractivity contribution >= 4 is 0 Å². The van der Waals surface area contributed by atoms with Crippen LogP contribution in [0.25, 0.3) is 0 Å². The molecule has 56 valence electrons. The minimum atomic E-state index is -0.00579. The van der Waals surface area contributed by atoms with E-state index in [0.29, 0.717) is 0 Å². The van der Waals surface area contributed by atoms with Gasteiger partial charge in [-0.25, -0.2) is 0 Å². The Bertz CT molecular complexity index is 79.0. The van der Waals surface area contributed by atoms with Crippen molar-refractivity contribution in [2.24, 2.45) is 11.1 Å². The Morgan fingerprint density at radius 3 is 2.11 bits per heavy atom. The van der Waals surface area contributed by atoms with Crippen molar-refractivity contribution in [3.63, 3.8) is 0 Å². The summed E-state index contributed by atoms with van der Waals surface area (Å²) in [5.74, 6) is 0. The lowest BCUT2D eigenvalue weighted by Crippen LogP contribution is -2.27. The van der Waals surface area contributed by atoms with Gasteiger partial charge in [0.1, 0.15) is 0 Å². The van der Waals surface area contributed by atoms with Crippen molar-refractivity contribution in [2.45, 2.75) is 33.2 Å². The fraction of sp³-hybridized carbons (Fsp3) is 1.00. The van der Waals surface area contributed by atoms with Crippen LogP contribution in [-0.2, 0) is 0 Å². The lowest BCUT2D eigenvalue weighted by Gasteiger charge is -2.23. The Kier molecular flexibility index (Phi) is 3.15. The molecule has 0 fully saturated rings. The largest absolute Gasteiger partial charge is 0.396 e. The van der Waals surface area contributed by atoms with Crippen LogP contribution in [-0.4, -0.2) is 17.8 Å². The van der Waals surface area contributed by atoms with E-state index in [1.54, 1.807) is 0 Å². The quantitative estimate of drug-likeness (QED) is 0.593. The van der Waals surface area contributed by atoms with Crippen molar-refractivity contribution < 1.29 is 5.11 Å². The summed E-state index contributed by atoms with van der Waals surface area (Å²) in [5.41, 5.74) is 5.54. The first-order chi connectivity index (χ1) is 3.98. The molecule has 2 nitrogen and oxygen atoms in total. The number of hydrogen-bond acceptors (Lipinski definition) is 2. The first-order valence-electron chi connectivity index (χ1n) is 3.34. The second-order valence-electron chi connectivity index (χ2n) is 3.50. The molecule has 0 aromatic carbocycles. The Labute approximate surface area is 57.1 Å². The number of rotatable bonds is 3. The summed E-state index contributed by atoms with van der Waals surface area (Å²) in [7, 11) is 0. The molecule has 2 heteroatoms. The Morgan fingerprint density at radius 1 is 1.56 bits per heavy atom. The summed E-state index contributed by atoms with van der Waals surface area (Å²) in [6.07, 6.45) is 0.878. The molecular formula is C7H17NO. The highest BCUT2D eigenvalue weighted by Gasteiger charge is 2.17. The molecule has 0 aromatic heterocycles. The maximum absolute atomic E-state index is 8.79. The zero-order valence-electron chi connectivity index (χ0n) is 6.52. The van der Waals surface area contributed by atoms with E-state index in [1.165, 1.54) is 0 Å². The third-order valence-electron chi connectivity index (χ3n) is 1.30. The molecule has 0 heterocycles. The third-order valence-corrected chi connectivity index (χ3v) is 1.30. The highest BCUT2D eigenvalue weighted by molar-refractivity contribution is 4.71. The fourth-order valence-corrected chi connectivity index (χ4v) is 0.936. The first-order valence-corrected chi connectivity index (χ1v) is 3.34. The molecule has 0 bridgehead atoms. The Balaban J connectivity index is 3.58. The molecule has 0 aromatic rings. The standard InChI is InChI=1S/C7H17NO/c1-6(8)4-7(2,3)5-9/h6,9H,4-5,8H2,1-3H3/t6-/m1/s1. The monoisotopic (exact) mass is 131 g/mol. The Hall–Kier alpha value is -0.0800. The van der Waals surface area contributed by atoms with Gasteiger partial charge in [0.2, 0.25) is 0 Å². The molecular weight excluding hydrogens is 114 g/mol. The molecule has 0 saturated heterocycles. The zero-order chi connectivity index (χ0) is 7.49. The van der Waals surface area contributed by atoms with Crippen molar-refractivity contribution in [1.29, 1.82) is 0 Å². The van der Waals surface area contributed by atoms with Gasteiger partial charge in [-0.15, -0.1) is 0 Å². The average molecular weight is 131 g/mol. The molecule has 3 N–H and O–H groups in total. The normalized spacial score (nSPS) is 15.7. The SMILES string of the molecule is C[C@@H](N)CC(C)(C)CO. The summed E-state index contributed by atoms with van der Waals surface area (Å²) in [4.78, 5) is 0. The van der Waals surface area contributed by atoms with Gasteiger partial charge < -0.3 is 10.8 Å². The third kappa shape index (κ3) is 4.43. The van der Waals surface area contributed by atoms with E-state index in [0.717, 1.165) is 6.42 Å². The summed E-state index contributed by atoms with van der Waals surface area (Å²) in [6.45, 7) is 6.19. The predicted octanol–water partition coefficient (Wildman–Crippen LogP) is 0.742. The van der Waals surface area contributed by atoms with Crippen LogP contribution in [0, 0.1) is 5.41 Å². The second-order valence-corrected chi connectivity index (χ2v) is 3.50. The topological polar surface area (TPSA) is 46.2 Å². The predicted molar refractivity (Wildman–Crippen MR) is 39.1 cm³/mol. The van der Waals surface area contributed by atoms with Gasteiger partial charge in [0.05, 0.1) is 0 Å². The summed E-state index contributed by atoms with van der Waals surface area (Å²) in [5, 5.41) is 8.79. The first kappa shape index (κ1) is 8.92. The summed E-state index contributed by atoms with van der Waals surface area (Å²) < 4.78 is 0. The molecule has 0 saturated carbocycles. The molecule has 0 rings (SSSR count). The van der Waals surface area contributed by atoms with Crippen LogP contribution in [0.15, 0.2) is 0 Å². The molecule has 0 spiro atoms. The molecule has 0 aliphatic heterocycles. The minimum Gasteiger partial charge on any atom is -0.396 e. The van der Waals surface area contributed by atoms with Crippen LogP contribution < -0.4 is 5.73 Å². The molecule has 1 atom stereocenters. The van der Waals surface area contributed by atoms with Crippen molar-refractivity contribution in [1.82, 2.24) is 0 Å². The van der Waals surface area contributed by atoms with E-state index in [1.807, 2.05) is 20.8 Å². The van der Waals surface area contributed by atoms with Gasteiger partial charge in [0.25, 0.3) is 0 Å². The van der Waals surface area contributed by atoms with Crippen LogP contribution in [0.5, 0.6) is 0 Å². The van der Waals surface area contributed by atoms with E-state index in [-0.39, 0.29) is 18.1 Å². The van der Waals surface area contributed by atoms with Crippen molar-refractivity contribution in [2.75, 3.05) is 6.61 Å². The van der Waals surface area contributed by atoms with Gasteiger partial charge in [-0.2, -0.15) is 0 Å². The van der Waals surface area contributed by atoms with Gasteiger partial charge in [0, 0.05) is 12.6 Å². The fourth-order valence-electron chi connectivity index (χ4n) is 0.936. The highest BCUT2D eigenvalue weighted by Crippen LogP contribution is 2.19. The average Bonchev–Trinajstić information content (AvgIpc) is 1.63. The van der Waals surface area contributed by atoms with Gasteiger partial charge in [-0.3, -0.25) is 0 Å². The van der Waals surface area contributed by atoms with Gasteiger partial charge in [-0.05, 0) is 18.8 Å². The van der Waals surface area contributed by atoms with Crippen LogP contribution >= 0.6 is 0 Å². The summed E-state index contributed by atoms with van der Waals surface area (Å²) >= 11 is 0. The molecule has 0 unspecified atom stereocenters. The summed E-state index contributed by atoms with van der Waals surface area (Å²) in [6, 6.07) is 0.187. The maximum atomic E-state index is 8.79. The van der Waals surface area contributed by atoms with E-state index in [9.17, 15) is 0 Å². The number of nitrogens with two attached hydrogens (primary N) is 1. The molecule has 0 radical (unpaired) electrons. The number of hydrogen-bond donors (Lipinski definition) is 2. The van der Waals surface area contributed by atoms with Crippen molar-refractivity contribution in [3.05, 3.63) is 0 Å².